The van der Waals surface area contributed by atoms with Gasteiger partial charge in [0.05, 0.1) is 11.9 Å². The summed E-state index contributed by atoms with van der Waals surface area (Å²) in [6.45, 7) is -0.164. The van der Waals surface area contributed by atoms with E-state index in [1.54, 1.807) is 23.9 Å². The minimum Gasteiger partial charge on any atom is -0.354 e. The van der Waals surface area contributed by atoms with Crippen LogP contribution in [0.25, 0.3) is 0 Å². The number of amides is 1. The van der Waals surface area contributed by atoms with Crippen LogP contribution >= 0.6 is 23.4 Å². The van der Waals surface area contributed by atoms with Crippen LogP contribution in [0, 0.1) is 11.6 Å². The molecule has 0 saturated heterocycles. The topological polar surface area (TPSA) is 66.5 Å². The second-order valence-corrected chi connectivity index (χ2v) is 9.39. The summed E-state index contributed by atoms with van der Waals surface area (Å²) in [7, 11) is -3.85. The van der Waals surface area contributed by atoms with E-state index in [1.807, 2.05) is 12.1 Å². The highest BCUT2D eigenvalue weighted by Crippen LogP contribution is 2.21. The maximum Gasteiger partial charge on any atom is 0.240 e. The Morgan fingerprint density at radius 2 is 1.82 bits per heavy atom. The second-order valence-electron chi connectivity index (χ2n) is 5.87. The Morgan fingerprint density at radius 1 is 1.14 bits per heavy atom. The molecule has 0 aliphatic rings. The van der Waals surface area contributed by atoms with E-state index in [0.717, 1.165) is 39.4 Å². The van der Waals surface area contributed by atoms with Gasteiger partial charge in [0.1, 0.15) is 6.54 Å². The summed E-state index contributed by atoms with van der Waals surface area (Å²) in [6.07, 6.45) is 1.56. The third-order valence-corrected chi connectivity index (χ3v) is 6.10. The van der Waals surface area contributed by atoms with E-state index < -0.39 is 34.1 Å². The molecule has 1 amide bonds. The van der Waals surface area contributed by atoms with Crippen molar-refractivity contribution < 1.29 is 22.0 Å². The molecule has 2 aromatic carbocycles. The number of halogens is 3. The van der Waals surface area contributed by atoms with E-state index in [2.05, 4.69) is 5.32 Å². The monoisotopic (exact) mass is 448 g/mol. The van der Waals surface area contributed by atoms with Crippen LogP contribution in [0.3, 0.4) is 0 Å². The van der Waals surface area contributed by atoms with Gasteiger partial charge >= 0.3 is 0 Å². The van der Waals surface area contributed by atoms with Crippen LogP contribution in [0.1, 0.15) is 6.42 Å². The minimum absolute atomic E-state index is 0.116. The maximum atomic E-state index is 13.4. The van der Waals surface area contributed by atoms with Crippen LogP contribution in [0.4, 0.5) is 14.5 Å². The molecule has 0 aromatic heterocycles. The summed E-state index contributed by atoms with van der Waals surface area (Å²) in [5.41, 5.74) is -0.116. The summed E-state index contributed by atoms with van der Waals surface area (Å²) < 4.78 is 51.1. The number of carbonyl (C=O) groups excluding carboxylic acids is 1. The third kappa shape index (κ3) is 6.96. The van der Waals surface area contributed by atoms with Crippen LogP contribution in [0.2, 0.25) is 5.02 Å². The number of rotatable bonds is 9. The Labute approximate surface area is 172 Å². The average Bonchev–Trinajstić information content (AvgIpc) is 2.62. The van der Waals surface area contributed by atoms with Crippen LogP contribution in [-0.2, 0) is 14.8 Å². The zero-order valence-corrected chi connectivity index (χ0v) is 17.4. The number of sulfonamides is 1. The molecular formula is C18H19ClF2N2O3S2. The van der Waals surface area contributed by atoms with Gasteiger partial charge in [-0.3, -0.25) is 9.10 Å². The largest absolute Gasteiger partial charge is 0.354 e. The van der Waals surface area contributed by atoms with Crippen LogP contribution in [0.5, 0.6) is 0 Å². The van der Waals surface area contributed by atoms with E-state index in [-0.39, 0.29) is 5.69 Å². The molecule has 10 heteroatoms. The van der Waals surface area contributed by atoms with Crippen molar-refractivity contribution in [2.75, 3.05) is 29.4 Å². The number of benzene rings is 2. The summed E-state index contributed by atoms with van der Waals surface area (Å²) in [5.74, 6) is -2.07. The van der Waals surface area contributed by atoms with Crippen LogP contribution < -0.4 is 9.62 Å². The van der Waals surface area contributed by atoms with Gasteiger partial charge in [-0.2, -0.15) is 0 Å². The predicted octanol–water partition coefficient (Wildman–Crippen LogP) is 3.68. The molecule has 1 N–H and O–H groups in total. The summed E-state index contributed by atoms with van der Waals surface area (Å²) in [4.78, 5) is 13.1. The van der Waals surface area contributed by atoms with Crippen molar-refractivity contribution in [3.8, 4) is 0 Å². The summed E-state index contributed by atoms with van der Waals surface area (Å²) in [5, 5.41) is 3.29. The minimum atomic E-state index is -3.85. The van der Waals surface area contributed by atoms with Crippen molar-refractivity contribution in [3.05, 3.63) is 59.1 Å². The van der Waals surface area contributed by atoms with E-state index in [9.17, 15) is 22.0 Å². The number of thioether (sulfide) groups is 1. The molecule has 152 valence electrons. The fourth-order valence-corrected chi connectivity index (χ4v) is 4.07. The fraction of sp³-hybridized carbons (Fsp3) is 0.278. The second kappa shape index (κ2) is 10.1. The maximum absolute atomic E-state index is 13.4. The Morgan fingerprint density at radius 3 is 2.43 bits per heavy atom. The molecule has 0 fully saturated rings. The molecule has 0 saturated carbocycles. The van der Waals surface area contributed by atoms with Gasteiger partial charge in [-0.15, -0.1) is 11.8 Å². The van der Waals surface area contributed by atoms with Gasteiger partial charge in [0.25, 0.3) is 0 Å². The number of anilines is 1. The molecule has 0 aliphatic carbocycles. The van der Waals surface area contributed by atoms with Crippen molar-refractivity contribution >= 4 is 45.0 Å². The molecule has 0 atom stereocenters. The van der Waals surface area contributed by atoms with Gasteiger partial charge < -0.3 is 5.32 Å². The number of nitrogens with zero attached hydrogens (tertiary/aromatic N) is 1. The fourth-order valence-electron chi connectivity index (χ4n) is 2.25. The number of nitrogens with one attached hydrogen (secondary N) is 1. The van der Waals surface area contributed by atoms with E-state index in [4.69, 9.17) is 11.6 Å². The number of hydrogen-bond donors (Lipinski definition) is 1. The van der Waals surface area contributed by atoms with Crippen LogP contribution in [0.15, 0.2) is 47.4 Å². The normalized spacial score (nSPS) is 11.3. The van der Waals surface area contributed by atoms with Gasteiger partial charge in [0.15, 0.2) is 11.6 Å². The Kier molecular flexibility index (Phi) is 8.09. The molecule has 0 spiro atoms. The first-order valence-corrected chi connectivity index (χ1v) is 11.5. The summed E-state index contributed by atoms with van der Waals surface area (Å²) in [6, 6.07) is 10.1. The van der Waals surface area contributed by atoms with Crippen molar-refractivity contribution in [2.45, 2.75) is 11.3 Å². The number of carbonyl (C=O) groups is 1. The van der Waals surface area contributed by atoms with Gasteiger partial charge in [-0.1, -0.05) is 11.6 Å². The van der Waals surface area contributed by atoms with Crippen LogP contribution in [-0.4, -0.2) is 39.4 Å². The molecule has 2 aromatic rings. The standard InChI is InChI=1S/C18H19ClF2N2O3S2/c1-28(25,26)23(14-5-8-16(20)17(21)11-14)12-18(24)22-9-2-10-27-15-6-3-13(19)4-7-15/h3-8,11H,2,9-10,12H2,1H3,(H,22,24). The Bertz CT molecular complexity index is 925. The van der Waals surface area contributed by atoms with Crippen molar-refractivity contribution in [3.63, 3.8) is 0 Å². The molecule has 0 aliphatic heterocycles. The molecule has 28 heavy (non-hydrogen) atoms. The molecule has 0 unspecified atom stereocenters. The first kappa shape index (κ1) is 22.4. The highest BCUT2D eigenvalue weighted by atomic mass is 35.5. The zero-order valence-electron chi connectivity index (χ0n) is 15.0. The van der Waals surface area contributed by atoms with Gasteiger partial charge in [0.2, 0.25) is 15.9 Å². The first-order valence-electron chi connectivity index (χ1n) is 8.24. The molecule has 0 radical (unpaired) electrons. The lowest BCUT2D eigenvalue weighted by molar-refractivity contribution is -0.119. The third-order valence-electron chi connectivity index (χ3n) is 3.60. The van der Waals surface area contributed by atoms with E-state index in [0.29, 0.717) is 18.0 Å². The lowest BCUT2D eigenvalue weighted by Crippen LogP contribution is -2.40. The average molecular weight is 449 g/mol. The molecule has 5 nitrogen and oxygen atoms in total. The van der Waals surface area contributed by atoms with E-state index in [1.165, 1.54) is 0 Å². The quantitative estimate of drug-likeness (QED) is 0.469. The first-order chi connectivity index (χ1) is 13.2. The van der Waals surface area contributed by atoms with Gasteiger partial charge in [-0.25, -0.2) is 17.2 Å². The molecule has 0 bridgehead atoms. The SMILES string of the molecule is CS(=O)(=O)N(CC(=O)NCCCSc1ccc(Cl)cc1)c1ccc(F)c(F)c1. The molecule has 2 rings (SSSR count). The molecule has 0 heterocycles. The number of hydrogen-bond acceptors (Lipinski definition) is 4. The predicted molar refractivity (Wildman–Crippen MR) is 108 cm³/mol. The van der Waals surface area contributed by atoms with E-state index >= 15 is 0 Å². The zero-order chi connectivity index (χ0) is 20.7. The van der Waals surface area contributed by atoms with Crippen molar-refractivity contribution in [2.24, 2.45) is 0 Å². The summed E-state index contributed by atoms with van der Waals surface area (Å²) >= 11 is 7.43. The highest BCUT2D eigenvalue weighted by Gasteiger charge is 2.21. The Balaban J connectivity index is 1.84. The Hall–Kier alpha value is -1.84. The highest BCUT2D eigenvalue weighted by molar-refractivity contribution is 7.99. The van der Waals surface area contributed by atoms with Crippen molar-refractivity contribution in [1.82, 2.24) is 5.32 Å². The lowest BCUT2D eigenvalue weighted by Gasteiger charge is -2.22. The lowest BCUT2D eigenvalue weighted by atomic mass is 10.3. The molecular weight excluding hydrogens is 430 g/mol. The van der Waals surface area contributed by atoms with Gasteiger partial charge in [0, 0.05) is 22.5 Å². The smallest absolute Gasteiger partial charge is 0.240 e. The van der Waals surface area contributed by atoms with Crippen molar-refractivity contribution in [1.29, 1.82) is 0 Å². The van der Waals surface area contributed by atoms with Gasteiger partial charge in [-0.05, 0) is 48.6 Å².